The molecular weight excluding hydrogens is 539 g/mol. The fraction of sp³-hybridized carbons (Fsp3) is 0.192. The van der Waals surface area contributed by atoms with Gasteiger partial charge in [-0.25, -0.2) is 0 Å². The molecule has 3 aromatic rings. The molecule has 1 fully saturated rings. The van der Waals surface area contributed by atoms with E-state index < -0.39 is 5.91 Å². The normalized spacial score (nSPS) is 13.3. The molecule has 0 unspecified atom stereocenters. The number of thiocarbonyl (C=S) groups is 1. The van der Waals surface area contributed by atoms with Gasteiger partial charge < -0.3 is 15.1 Å². The molecule has 0 atom stereocenters. The first-order chi connectivity index (χ1) is 17.2. The lowest BCUT2D eigenvalue weighted by Gasteiger charge is -2.37. The second kappa shape index (κ2) is 11.5. The zero-order valence-electron chi connectivity index (χ0n) is 19.4. The van der Waals surface area contributed by atoms with Crippen LogP contribution in [0.15, 0.2) is 60.7 Å². The van der Waals surface area contributed by atoms with Crippen LogP contribution >= 0.6 is 47.0 Å². The summed E-state index contributed by atoms with van der Waals surface area (Å²) in [6.45, 7) is 4.27. The van der Waals surface area contributed by atoms with E-state index in [0.29, 0.717) is 47.5 Å². The number of carbonyl (C=O) groups excluding carboxylic acids is 2. The molecular formula is C26H23Cl3N4O2S. The van der Waals surface area contributed by atoms with Crippen LogP contribution in [-0.4, -0.2) is 48.0 Å². The van der Waals surface area contributed by atoms with Crippen molar-refractivity contribution in [1.29, 1.82) is 0 Å². The molecule has 0 aliphatic carbocycles. The van der Waals surface area contributed by atoms with Crippen LogP contribution in [0.4, 0.5) is 11.4 Å². The summed E-state index contributed by atoms with van der Waals surface area (Å²) < 4.78 is 0. The predicted octanol–water partition coefficient (Wildman–Crippen LogP) is 6.04. The summed E-state index contributed by atoms with van der Waals surface area (Å²) in [6.07, 6.45) is 0. The van der Waals surface area contributed by atoms with Gasteiger partial charge in [-0.05, 0) is 61.6 Å². The zero-order chi connectivity index (χ0) is 25.8. The minimum Gasteiger partial charge on any atom is -0.365 e. The largest absolute Gasteiger partial charge is 0.365 e. The van der Waals surface area contributed by atoms with E-state index in [-0.39, 0.29) is 21.6 Å². The quantitative estimate of drug-likeness (QED) is 0.380. The molecule has 1 aliphatic rings. The molecule has 0 aromatic heterocycles. The predicted molar refractivity (Wildman–Crippen MR) is 151 cm³/mol. The third-order valence-corrected chi connectivity index (χ3v) is 6.89. The van der Waals surface area contributed by atoms with Gasteiger partial charge in [0.15, 0.2) is 5.11 Å². The number of para-hydroxylation sites is 1. The lowest BCUT2D eigenvalue weighted by atomic mass is 10.1. The van der Waals surface area contributed by atoms with Gasteiger partial charge in [0.05, 0.1) is 27.0 Å². The SMILES string of the molecule is Cc1ccc(C(=O)N2CCN(c3c(Cl)cccc3NC(=S)NC(=O)c3cc(Cl)ccc3Cl)CC2)cc1. The van der Waals surface area contributed by atoms with Gasteiger partial charge in [0, 0.05) is 36.8 Å². The Kier molecular flexibility index (Phi) is 8.36. The highest BCUT2D eigenvalue weighted by Gasteiger charge is 2.25. The number of aryl methyl sites for hydroxylation is 1. The standard InChI is InChI=1S/C26H23Cl3N4O2S/c1-16-5-7-17(8-6-16)25(35)33-13-11-32(12-14-33)23-21(29)3-2-4-22(23)30-26(36)31-24(34)19-15-18(27)9-10-20(19)28/h2-10,15H,11-14H2,1H3,(H2,30,31,34,36). The van der Waals surface area contributed by atoms with Gasteiger partial charge in [-0.3, -0.25) is 14.9 Å². The molecule has 1 aliphatic heterocycles. The number of rotatable bonds is 4. The highest BCUT2D eigenvalue weighted by molar-refractivity contribution is 7.80. The van der Waals surface area contributed by atoms with E-state index >= 15 is 0 Å². The second-order valence-corrected chi connectivity index (χ2v) is 9.97. The van der Waals surface area contributed by atoms with E-state index in [1.807, 2.05) is 42.2 Å². The van der Waals surface area contributed by atoms with Crippen LogP contribution in [0.2, 0.25) is 15.1 Å². The Hall–Kier alpha value is -2.84. The first-order valence-corrected chi connectivity index (χ1v) is 12.7. The molecule has 4 rings (SSSR count). The van der Waals surface area contributed by atoms with Crippen LogP contribution in [-0.2, 0) is 0 Å². The van der Waals surface area contributed by atoms with Gasteiger partial charge >= 0.3 is 0 Å². The summed E-state index contributed by atoms with van der Waals surface area (Å²) in [7, 11) is 0. The van der Waals surface area contributed by atoms with Gasteiger partial charge in [-0.15, -0.1) is 0 Å². The van der Waals surface area contributed by atoms with E-state index in [1.54, 1.807) is 24.3 Å². The van der Waals surface area contributed by atoms with Crippen molar-refractivity contribution in [2.45, 2.75) is 6.92 Å². The Morgan fingerprint density at radius 2 is 1.58 bits per heavy atom. The number of nitrogens with zero attached hydrogens (tertiary/aromatic N) is 2. The highest BCUT2D eigenvalue weighted by Crippen LogP contribution is 2.35. The molecule has 1 heterocycles. The molecule has 186 valence electrons. The number of anilines is 2. The summed E-state index contributed by atoms with van der Waals surface area (Å²) in [6, 6.07) is 17.6. The zero-order valence-corrected chi connectivity index (χ0v) is 22.4. The fourth-order valence-electron chi connectivity index (χ4n) is 3.94. The lowest BCUT2D eigenvalue weighted by Crippen LogP contribution is -2.49. The maximum atomic E-state index is 12.9. The molecule has 0 bridgehead atoms. The van der Waals surface area contributed by atoms with Crippen LogP contribution < -0.4 is 15.5 Å². The third-order valence-electron chi connectivity index (χ3n) is 5.82. The number of hydrogen-bond acceptors (Lipinski definition) is 4. The van der Waals surface area contributed by atoms with Crippen molar-refractivity contribution < 1.29 is 9.59 Å². The van der Waals surface area contributed by atoms with Crippen molar-refractivity contribution in [2.75, 3.05) is 36.4 Å². The molecule has 36 heavy (non-hydrogen) atoms. The van der Waals surface area contributed by atoms with Crippen LogP contribution in [0.1, 0.15) is 26.3 Å². The van der Waals surface area contributed by atoms with Gasteiger partial charge in [0.2, 0.25) is 0 Å². The molecule has 10 heteroatoms. The van der Waals surface area contributed by atoms with Crippen LogP contribution in [0, 0.1) is 6.92 Å². The minimum atomic E-state index is -0.480. The van der Waals surface area contributed by atoms with Crippen LogP contribution in [0.5, 0.6) is 0 Å². The third kappa shape index (κ3) is 6.10. The summed E-state index contributed by atoms with van der Waals surface area (Å²) in [5.41, 5.74) is 3.39. The Balaban J connectivity index is 1.43. The first kappa shape index (κ1) is 26.2. The minimum absolute atomic E-state index is 0.00993. The molecule has 2 amide bonds. The number of nitrogens with one attached hydrogen (secondary N) is 2. The van der Waals surface area contributed by atoms with Crippen molar-refractivity contribution in [3.05, 3.63) is 92.4 Å². The van der Waals surface area contributed by atoms with Gasteiger partial charge in [-0.2, -0.15) is 0 Å². The molecule has 1 saturated heterocycles. The number of benzene rings is 3. The van der Waals surface area contributed by atoms with Gasteiger partial charge in [0.25, 0.3) is 11.8 Å². The topological polar surface area (TPSA) is 64.7 Å². The molecule has 0 radical (unpaired) electrons. The Bertz CT molecular complexity index is 1310. The summed E-state index contributed by atoms with van der Waals surface area (Å²) in [5, 5.41) is 6.97. The summed E-state index contributed by atoms with van der Waals surface area (Å²) >= 11 is 24.1. The van der Waals surface area contributed by atoms with Crippen LogP contribution in [0.25, 0.3) is 0 Å². The summed E-state index contributed by atoms with van der Waals surface area (Å²) in [5.74, 6) is -0.470. The van der Waals surface area contributed by atoms with Crippen molar-refractivity contribution in [1.82, 2.24) is 10.2 Å². The van der Waals surface area contributed by atoms with Crippen molar-refractivity contribution >= 4 is 75.3 Å². The molecule has 0 saturated carbocycles. The Labute approximate surface area is 230 Å². The smallest absolute Gasteiger partial charge is 0.258 e. The average Bonchev–Trinajstić information content (AvgIpc) is 2.86. The number of hydrogen-bond donors (Lipinski definition) is 2. The number of piperazine rings is 1. The lowest BCUT2D eigenvalue weighted by molar-refractivity contribution is 0.0746. The maximum absolute atomic E-state index is 12.9. The Morgan fingerprint density at radius 1 is 0.889 bits per heavy atom. The van der Waals surface area contributed by atoms with Gasteiger partial charge in [0.1, 0.15) is 0 Å². The van der Waals surface area contributed by atoms with Crippen molar-refractivity contribution in [3.8, 4) is 0 Å². The monoisotopic (exact) mass is 560 g/mol. The van der Waals surface area contributed by atoms with Crippen molar-refractivity contribution in [3.63, 3.8) is 0 Å². The maximum Gasteiger partial charge on any atom is 0.258 e. The molecule has 3 aromatic carbocycles. The van der Waals surface area contributed by atoms with E-state index in [0.717, 1.165) is 11.3 Å². The van der Waals surface area contributed by atoms with E-state index in [1.165, 1.54) is 6.07 Å². The average molecular weight is 562 g/mol. The first-order valence-electron chi connectivity index (χ1n) is 11.2. The van der Waals surface area contributed by atoms with E-state index in [2.05, 4.69) is 15.5 Å². The van der Waals surface area contributed by atoms with E-state index in [9.17, 15) is 9.59 Å². The molecule has 2 N–H and O–H groups in total. The van der Waals surface area contributed by atoms with Crippen molar-refractivity contribution in [2.24, 2.45) is 0 Å². The molecule has 6 nitrogen and oxygen atoms in total. The molecule has 0 spiro atoms. The van der Waals surface area contributed by atoms with Gasteiger partial charge in [-0.1, -0.05) is 58.6 Å². The number of carbonyl (C=O) groups is 2. The fourth-order valence-corrected chi connectivity index (χ4v) is 4.82. The second-order valence-electron chi connectivity index (χ2n) is 8.31. The van der Waals surface area contributed by atoms with Crippen LogP contribution in [0.3, 0.4) is 0 Å². The summed E-state index contributed by atoms with van der Waals surface area (Å²) in [4.78, 5) is 29.5. The Morgan fingerprint density at radius 3 is 2.28 bits per heavy atom. The van der Waals surface area contributed by atoms with E-state index in [4.69, 9.17) is 47.0 Å². The number of amides is 2. The number of halogens is 3. The highest BCUT2D eigenvalue weighted by atomic mass is 35.5.